The van der Waals surface area contributed by atoms with Crippen LogP contribution in [-0.2, 0) is 0 Å². The summed E-state index contributed by atoms with van der Waals surface area (Å²) in [5.41, 5.74) is 1.01. The molecular weight excluding hydrogens is 229 g/mol. The summed E-state index contributed by atoms with van der Waals surface area (Å²) in [4.78, 5) is 0. The highest BCUT2D eigenvalue weighted by atomic mass is 35.5. The summed E-state index contributed by atoms with van der Waals surface area (Å²) >= 11 is 0. The van der Waals surface area contributed by atoms with E-state index in [1.54, 1.807) is 19.2 Å². The first kappa shape index (κ1) is 13.3. The average Bonchev–Trinajstić information content (AvgIpc) is 2.98. The first-order valence-electron chi connectivity index (χ1n) is 5.24. The Hall–Kier alpha value is -0.800. The van der Waals surface area contributed by atoms with Crippen molar-refractivity contribution in [3.63, 3.8) is 0 Å². The zero-order valence-corrected chi connectivity index (χ0v) is 10.3. The third-order valence-corrected chi connectivity index (χ3v) is 2.98. The Balaban J connectivity index is 0.00000128. The molecule has 1 aliphatic carbocycles. The van der Waals surface area contributed by atoms with Gasteiger partial charge >= 0.3 is 0 Å². The zero-order valence-electron chi connectivity index (χ0n) is 9.50. The highest BCUT2D eigenvalue weighted by molar-refractivity contribution is 5.85. The molecule has 1 aromatic carbocycles. The van der Waals surface area contributed by atoms with Crippen molar-refractivity contribution in [3.8, 4) is 5.75 Å². The van der Waals surface area contributed by atoms with Crippen LogP contribution in [0.2, 0.25) is 0 Å². The van der Waals surface area contributed by atoms with E-state index in [0.717, 1.165) is 24.3 Å². The molecule has 1 aromatic rings. The molecule has 0 bridgehead atoms. The van der Waals surface area contributed by atoms with Crippen molar-refractivity contribution in [2.75, 3.05) is 20.7 Å². The highest BCUT2D eigenvalue weighted by Gasteiger charge is 2.39. The van der Waals surface area contributed by atoms with E-state index < -0.39 is 0 Å². The predicted octanol–water partition coefficient (Wildman–Crippen LogP) is 2.58. The molecule has 0 saturated heterocycles. The molecule has 1 N–H and O–H groups in total. The predicted molar refractivity (Wildman–Crippen MR) is 65.0 cm³/mol. The van der Waals surface area contributed by atoms with Crippen LogP contribution in [0.15, 0.2) is 18.2 Å². The first-order chi connectivity index (χ1) is 7.26. The lowest BCUT2D eigenvalue weighted by atomic mass is 10.1. The van der Waals surface area contributed by atoms with Crippen molar-refractivity contribution in [3.05, 3.63) is 29.6 Å². The van der Waals surface area contributed by atoms with Gasteiger partial charge in [-0.15, -0.1) is 12.4 Å². The molecule has 0 heterocycles. The van der Waals surface area contributed by atoms with E-state index >= 15 is 0 Å². The van der Waals surface area contributed by atoms with E-state index in [-0.39, 0.29) is 18.2 Å². The van der Waals surface area contributed by atoms with Crippen LogP contribution in [-0.4, -0.2) is 20.7 Å². The van der Waals surface area contributed by atoms with Crippen LogP contribution in [0.3, 0.4) is 0 Å². The van der Waals surface area contributed by atoms with E-state index in [1.165, 1.54) is 6.07 Å². The van der Waals surface area contributed by atoms with Gasteiger partial charge in [-0.1, -0.05) is 0 Å². The molecule has 0 aliphatic heterocycles. The van der Waals surface area contributed by atoms with E-state index in [9.17, 15) is 4.39 Å². The standard InChI is InChI=1S/C12H16FNO.ClH/c1-14-7-8-5-10(8)11-6-9(13)3-4-12(11)15-2;/h3-4,6,8,10,14H,5,7H2,1-2H3;1H/t8-,10+;/m1./s1. The Bertz CT molecular complexity index is 359. The summed E-state index contributed by atoms with van der Waals surface area (Å²) in [5.74, 6) is 1.72. The van der Waals surface area contributed by atoms with Gasteiger partial charge in [-0.3, -0.25) is 0 Å². The Morgan fingerprint density at radius 3 is 2.88 bits per heavy atom. The topological polar surface area (TPSA) is 21.3 Å². The third-order valence-electron chi connectivity index (χ3n) is 2.98. The molecular formula is C12H17ClFNO. The molecule has 90 valence electrons. The average molecular weight is 246 g/mol. The van der Waals surface area contributed by atoms with Crippen LogP contribution < -0.4 is 10.1 Å². The largest absolute Gasteiger partial charge is 0.496 e. The second kappa shape index (κ2) is 5.51. The van der Waals surface area contributed by atoms with Crippen LogP contribution in [0, 0.1) is 11.7 Å². The molecule has 0 radical (unpaired) electrons. The van der Waals surface area contributed by atoms with Gasteiger partial charge in [0, 0.05) is 5.56 Å². The Kier molecular flexibility index (Phi) is 4.56. The maximum atomic E-state index is 13.1. The van der Waals surface area contributed by atoms with Crippen molar-refractivity contribution in [2.24, 2.45) is 5.92 Å². The summed E-state index contributed by atoms with van der Waals surface area (Å²) < 4.78 is 18.4. The summed E-state index contributed by atoms with van der Waals surface area (Å²) in [7, 11) is 3.57. The molecule has 4 heteroatoms. The number of ether oxygens (including phenoxy) is 1. The Labute approximate surface area is 102 Å². The van der Waals surface area contributed by atoms with E-state index in [4.69, 9.17) is 4.74 Å². The smallest absolute Gasteiger partial charge is 0.123 e. The van der Waals surface area contributed by atoms with Crippen LogP contribution in [0.1, 0.15) is 17.9 Å². The van der Waals surface area contributed by atoms with Gasteiger partial charge in [-0.25, -0.2) is 4.39 Å². The SMILES string of the molecule is CNC[C@H]1C[C@@H]1c1cc(F)ccc1OC.Cl. The monoisotopic (exact) mass is 245 g/mol. The molecule has 2 rings (SSSR count). The maximum absolute atomic E-state index is 13.1. The fourth-order valence-electron chi connectivity index (χ4n) is 2.11. The van der Waals surface area contributed by atoms with Gasteiger partial charge in [0.05, 0.1) is 7.11 Å². The summed E-state index contributed by atoms with van der Waals surface area (Å²) in [6, 6.07) is 4.75. The fourth-order valence-corrected chi connectivity index (χ4v) is 2.11. The van der Waals surface area contributed by atoms with Crippen molar-refractivity contribution >= 4 is 12.4 Å². The lowest BCUT2D eigenvalue weighted by Gasteiger charge is -2.08. The first-order valence-corrected chi connectivity index (χ1v) is 5.24. The molecule has 16 heavy (non-hydrogen) atoms. The second-order valence-electron chi connectivity index (χ2n) is 4.05. The molecule has 0 unspecified atom stereocenters. The number of rotatable bonds is 4. The van der Waals surface area contributed by atoms with Gasteiger partial charge in [0.15, 0.2) is 0 Å². The highest BCUT2D eigenvalue weighted by Crippen LogP contribution is 2.49. The summed E-state index contributed by atoms with van der Waals surface area (Å²) in [6.45, 7) is 0.990. The zero-order chi connectivity index (χ0) is 10.8. The van der Waals surface area contributed by atoms with Gasteiger partial charge in [0.25, 0.3) is 0 Å². The minimum atomic E-state index is -0.180. The minimum absolute atomic E-state index is 0. The van der Waals surface area contributed by atoms with E-state index in [1.807, 2.05) is 7.05 Å². The van der Waals surface area contributed by atoms with E-state index in [2.05, 4.69) is 5.32 Å². The Morgan fingerprint density at radius 1 is 1.50 bits per heavy atom. The molecule has 1 aliphatic rings. The van der Waals surface area contributed by atoms with Crippen molar-refractivity contribution in [1.82, 2.24) is 5.32 Å². The summed E-state index contributed by atoms with van der Waals surface area (Å²) in [6.07, 6.45) is 1.13. The van der Waals surface area contributed by atoms with Gasteiger partial charge in [-0.2, -0.15) is 0 Å². The van der Waals surface area contributed by atoms with Crippen molar-refractivity contribution in [1.29, 1.82) is 0 Å². The maximum Gasteiger partial charge on any atom is 0.123 e. The quantitative estimate of drug-likeness (QED) is 0.881. The third kappa shape index (κ3) is 2.66. The van der Waals surface area contributed by atoms with Crippen molar-refractivity contribution in [2.45, 2.75) is 12.3 Å². The molecule has 2 atom stereocenters. The Morgan fingerprint density at radius 2 is 2.25 bits per heavy atom. The van der Waals surface area contributed by atoms with Crippen LogP contribution in [0.5, 0.6) is 5.75 Å². The van der Waals surface area contributed by atoms with Gasteiger partial charge in [0.1, 0.15) is 11.6 Å². The van der Waals surface area contributed by atoms with Crippen LogP contribution in [0.4, 0.5) is 4.39 Å². The van der Waals surface area contributed by atoms with Crippen LogP contribution >= 0.6 is 12.4 Å². The minimum Gasteiger partial charge on any atom is -0.496 e. The molecule has 0 amide bonds. The molecule has 1 saturated carbocycles. The number of halogens is 2. The second-order valence-corrected chi connectivity index (χ2v) is 4.05. The molecule has 0 aromatic heterocycles. The number of benzene rings is 1. The number of nitrogens with one attached hydrogen (secondary N) is 1. The van der Waals surface area contributed by atoms with Crippen molar-refractivity contribution < 1.29 is 9.13 Å². The number of hydrogen-bond acceptors (Lipinski definition) is 2. The van der Waals surface area contributed by atoms with E-state index in [0.29, 0.717) is 11.8 Å². The van der Waals surface area contributed by atoms with Crippen LogP contribution in [0.25, 0.3) is 0 Å². The van der Waals surface area contributed by atoms with Gasteiger partial charge in [0.2, 0.25) is 0 Å². The lowest BCUT2D eigenvalue weighted by Crippen LogP contribution is -2.10. The number of methoxy groups -OCH3 is 1. The van der Waals surface area contributed by atoms with Gasteiger partial charge < -0.3 is 10.1 Å². The molecule has 0 spiro atoms. The molecule has 1 fully saturated rings. The number of hydrogen-bond donors (Lipinski definition) is 1. The molecule has 2 nitrogen and oxygen atoms in total. The fraction of sp³-hybridized carbons (Fsp3) is 0.500. The normalized spacial score (nSPS) is 22.4. The lowest BCUT2D eigenvalue weighted by molar-refractivity contribution is 0.407. The van der Waals surface area contributed by atoms with Gasteiger partial charge in [-0.05, 0) is 50.0 Å². The summed E-state index contributed by atoms with van der Waals surface area (Å²) in [5, 5.41) is 3.15.